The number of hydrogen-bond donors (Lipinski definition) is 0. The molecule has 1 heteroatoms. The summed E-state index contributed by atoms with van der Waals surface area (Å²) < 4.78 is 5.89. The van der Waals surface area contributed by atoms with Crippen molar-refractivity contribution in [3.8, 4) is 0 Å². The van der Waals surface area contributed by atoms with Gasteiger partial charge < -0.3 is 4.74 Å². The zero-order valence-electron chi connectivity index (χ0n) is 16.4. The fourth-order valence-electron chi connectivity index (χ4n) is 8.14. The molecule has 0 N–H and O–H groups in total. The average Bonchev–Trinajstić information content (AvgIpc) is 2.92. The third-order valence-corrected chi connectivity index (χ3v) is 9.24. The number of methoxy groups -OCH3 is 1. The fraction of sp³-hybridized carbons (Fsp3) is 0.913. The summed E-state index contributed by atoms with van der Waals surface area (Å²) >= 11 is 0. The van der Waals surface area contributed by atoms with Crippen molar-refractivity contribution < 1.29 is 4.74 Å². The maximum absolute atomic E-state index is 5.89. The zero-order valence-corrected chi connectivity index (χ0v) is 16.4. The molecule has 24 heavy (non-hydrogen) atoms. The fourth-order valence-corrected chi connectivity index (χ4v) is 8.14. The van der Waals surface area contributed by atoms with Crippen LogP contribution in [0.3, 0.4) is 0 Å². The molecule has 1 nitrogen and oxygen atoms in total. The van der Waals surface area contributed by atoms with Gasteiger partial charge in [0, 0.05) is 7.11 Å². The minimum atomic E-state index is 0.518. The van der Waals surface area contributed by atoms with Crippen LogP contribution in [0.15, 0.2) is 11.6 Å². The Morgan fingerprint density at radius 3 is 2.67 bits per heavy atom. The Labute approximate surface area is 149 Å². The molecule has 0 radical (unpaired) electrons. The van der Waals surface area contributed by atoms with E-state index in [9.17, 15) is 0 Å². The van der Waals surface area contributed by atoms with E-state index in [1.54, 1.807) is 5.57 Å². The van der Waals surface area contributed by atoms with Crippen LogP contribution in [0.1, 0.15) is 78.6 Å². The molecule has 0 saturated heterocycles. The molecule has 0 bridgehead atoms. The van der Waals surface area contributed by atoms with Gasteiger partial charge in [-0.15, -0.1) is 0 Å². The van der Waals surface area contributed by atoms with Crippen molar-refractivity contribution in [3.05, 3.63) is 11.6 Å². The van der Waals surface area contributed by atoms with Crippen molar-refractivity contribution in [1.29, 1.82) is 0 Å². The highest BCUT2D eigenvalue weighted by Gasteiger charge is 2.60. The number of rotatable bonds is 2. The van der Waals surface area contributed by atoms with Crippen molar-refractivity contribution in [1.82, 2.24) is 0 Å². The van der Waals surface area contributed by atoms with Crippen molar-refractivity contribution in [2.45, 2.75) is 78.6 Å². The molecule has 4 rings (SSSR count). The van der Waals surface area contributed by atoms with Crippen molar-refractivity contribution in [2.75, 3.05) is 13.7 Å². The standard InChI is InChI=1S/C23H38O/c1-5-17-7-9-20-19-8-6-18-14-16(2)10-13-23(18,15-24-4)21(19)11-12-22(17,20)3/h5,16,18-21H,6-15H2,1-4H3/b17-5-/t16?,18-,19+,20+,21+,22-,23-/m1/s1. The summed E-state index contributed by atoms with van der Waals surface area (Å²) in [4.78, 5) is 0. The lowest BCUT2D eigenvalue weighted by Crippen LogP contribution is -2.55. The van der Waals surface area contributed by atoms with Crippen LogP contribution in [0.5, 0.6) is 0 Å². The van der Waals surface area contributed by atoms with Crippen LogP contribution >= 0.6 is 0 Å². The Balaban J connectivity index is 1.66. The topological polar surface area (TPSA) is 9.23 Å². The van der Waals surface area contributed by atoms with E-state index in [4.69, 9.17) is 4.74 Å². The van der Waals surface area contributed by atoms with Gasteiger partial charge in [0.15, 0.2) is 0 Å². The van der Waals surface area contributed by atoms with Crippen molar-refractivity contribution >= 4 is 0 Å². The van der Waals surface area contributed by atoms with Crippen LogP contribution in [0.4, 0.5) is 0 Å². The highest BCUT2D eigenvalue weighted by Crippen LogP contribution is 2.67. The lowest BCUT2D eigenvalue weighted by atomic mass is 9.44. The highest BCUT2D eigenvalue weighted by molar-refractivity contribution is 5.23. The van der Waals surface area contributed by atoms with Gasteiger partial charge in [-0.2, -0.15) is 0 Å². The first-order valence-electron chi connectivity index (χ1n) is 10.7. The molecule has 0 aromatic heterocycles. The largest absolute Gasteiger partial charge is 0.384 e. The third kappa shape index (κ3) is 2.29. The number of ether oxygens (including phenoxy) is 1. The third-order valence-electron chi connectivity index (χ3n) is 9.24. The summed E-state index contributed by atoms with van der Waals surface area (Å²) in [5, 5.41) is 0. The van der Waals surface area contributed by atoms with E-state index in [1.807, 2.05) is 7.11 Å². The highest BCUT2D eigenvalue weighted by atomic mass is 16.5. The van der Waals surface area contributed by atoms with Gasteiger partial charge in [0.25, 0.3) is 0 Å². The molecule has 136 valence electrons. The molecule has 0 aromatic carbocycles. The van der Waals surface area contributed by atoms with Gasteiger partial charge in [-0.25, -0.2) is 0 Å². The lowest BCUT2D eigenvalue weighted by Gasteiger charge is -2.61. The second kappa shape index (κ2) is 6.15. The van der Waals surface area contributed by atoms with E-state index in [0.29, 0.717) is 10.8 Å². The molecule has 0 aliphatic heterocycles. The molecule has 4 fully saturated rings. The summed E-state index contributed by atoms with van der Waals surface area (Å²) in [6, 6.07) is 0. The quantitative estimate of drug-likeness (QED) is 0.545. The Hall–Kier alpha value is -0.300. The van der Waals surface area contributed by atoms with E-state index in [-0.39, 0.29) is 0 Å². The van der Waals surface area contributed by atoms with Crippen LogP contribution in [0.2, 0.25) is 0 Å². The number of fused-ring (bicyclic) bond motifs is 5. The zero-order chi connectivity index (χ0) is 16.9. The van der Waals surface area contributed by atoms with Gasteiger partial charge in [-0.3, -0.25) is 0 Å². The summed E-state index contributed by atoms with van der Waals surface area (Å²) in [5.74, 6) is 4.75. The average molecular weight is 331 g/mol. The van der Waals surface area contributed by atoms with E-state index >= 15 is 0 Å². The van der Waals surface area contributed by atoms with Gasteiger partial charge >= 0.3 is 0 Å². The van der Waals surface area contributed by atoms with Crippen molar-refractivity contribution in [3.63, 3.8) is 0 Å². The molecule has 7 atom stereocenters. The molecule has 4 saturated carbocycles. The molecular formula is C23H38O. The molecular weight excluding hydrogens is 292 g/mol. The van der Waals surface area contributed by atoms with E-state index < -0.39 is 0 Å². The first-order chi connectivity index (χ1) is 11.5. The summed E-state index contributed by atoms with van der Waals surface area (Å²) in [6.07, 6.45) is 15.5. The Bertz CT molecular complexity index is 508. The molecule has 4 aliphatic rings. The monoisotopic (exact) mass is 330 g/mol. The predicted molar refractivity (Wildman–Crippen MR) is 101 cm³/mol. The minimum absolute atomic E-state index is 0.518. The Morgan fingerprint density at radius 2 is 1.92 bits per heavy atom. The van der Waals surface area contributed by atoms with Gasteiger partial charge in [0.2, 0.25) is 0 Å². The lowest BCUT2D eigenvalue weighted by molar-refractivity contribution is -0.142. The second-order valence-corrected chi connectivity index (χ2v) is 10.0. The Kier molecular flexibility index (Phi) is 4.39. The molecule has 0 spiro atoms. The van der Waals surface area contributed by atoms with Crippen LogP contribution < -0.4 is 0 Å². The molecule has 4 aliphatic carbocycles. The molecule has 0 aromatic rings. The summed E-state index contributed by atoms with van der Waals surface area (Å²) in [6.45, 7) is 8.40. The second-order valence-electron chi connectivity index (χ2n) is 10.0. The van der Waals surface area contributed by atoms with Gasteiger partial charge in [-0.05, 0) is 98.7 Å². The summed E-state index contributed by atoms with van der Waals surface area (Å²) in [5.41, 5.74) is 2.83. The first-order valence-corrected chi connectivity index (χ1v) is 10.7. The SMILES string of the molecule is C/C=C1/CC[C@H]2[C@@H]3CC[C@@H]4CC(C)CC[C@]4(COC)[C@H]3CC[C@]12C. The molecule has 0 amide bonds. The predicted octanol–water partition coefficient (Wildman–Crippen LogP) is 6.24. The normalized spacial score (nSPS) is 52.7. The van der Waals surface area contributed by atoms with Gasteiger partial charge in [0.1, 0.15) is 0 Å². The van der Waals surface area contributed by atoms with Crippen LogP contribution in [-0.2, 0) is 4.74 Å². The maximum Gasteiger partial charge on any atom is 0.0524 e. The van der Waals surface area contributed by atoms with Crippen molar-refractivity contribution in [2.24, 2.45) is 40.4 Å². The van der Waals surface area contributed by atoms with E-state index in [0.717, 1.165) is 36.2 Å². The molecule has 0 heterocycles. The number of allylic oxidation sites excluding steroid dienone is 2. The van der Waals surface area contributed by atoms with Gasteiger partial charge in [-0.1, -0.05) is 31.9 Å². The maximum atomic E-state index is 5.89. The first kappa shape index (κ1) is 17.1. The summed E-state index contributed by atoms with van der Waals surface area (Å²) in [7, 11) is 1.95. The van der Waals surface area contributed by atoms with Gasteiger partial charge in [0.05, 0.1) is 6.61 Å². The van der Waals surface area contributed by atoms with E-state index in [2.05, 4.69) is 26.8 Å². The van der Waals surface area contributed by atoms with Crippen LogP contribution in [0.25, 0.3) is 0 Å². The molecule has 1 unspecified atom stereocenters. The van der Waals surface area contributed by atoms with Crippen LogP contribution in [-0.4, -0.2) is 13.7 Å². The number of hydrogen-bond acceptors (Lipinski definition) is 1. The minimum Gasteiger partial charge on any atom is -0.384 e. The Morgan fingerprint density at radius 1 is 1.08 bits per heavy atom. The van der Waals surface area contributed by atoms with E-state index in [1.165, 1.54) is 57.8 Å². The van der Waals surface area contributed by atoms with Crippen LogP contribution in [0, 0.1) is 40.4 Å². The smallest absolute Gasteiger partial charge is 0.0524 e.